The largest absolute Gasteiger partial charge is 0.297 e. The van der Waals surface area contributed by atoms with E-state index in [1.54, 1.807) is 0 Å². The second-order valence-corrected chi connectivity index (χ2v) is 6.78. The van der Waals surface area contributed by atoms with Crippen molar-refractivity contribution in [1.29, 1.82) is 0 Å². The maximum Gasteiger partial charge on any atom is 0.0958 e. The second-order valence-electron chi connectivity index (χ2n) is 6.78. The Kier molecular flexibility index (Phi) is 3.87. The first-order chi connectivity index (χ1) is 13.4. The van der Waals surface area contributed by atoms with Gasteiger partial charge in [-0.2, -0.15) is 0 Å². The van der Waals surface area contributed by atoms with Crippen molar-refractivity contribution in [2.75, 3.05) is 5.01 Å². The Hall–Kier alpha value is -3.52. The highest BCUT2D eigenvalue weighted by molar-refractivity contribution is 5.94. The fourth-order valence-electron chi connectivity index (χ4n) is 3.79. The third-order valence-electron chi connectivity index (χ3n) is 5.10. The summed E-state index contributed by atoms with van der Waals surface area (Å²) in [4.78, 5) is 0. The molecule has 0 spiro atoms. The van der Waals surface area contributed by atoms with Gasteiger partial charge in [0.15, 0.2) is 0 Å². The lowest BCUT2D eigenvalue weighted by Crippen LogP contribution is -2.33. The Labute approximate surface area is 159 Å². The molecule has 1 heterocycles. The van der Waals surface area contributed by atoms with E-state index in [9.17, 15) is 0 Å². The van der Waals surface area contributed by atoms with Crippen molar-refractivity contribution in [1.82, 2.24) is 5.43 Å². The fourth-order valence-corrected chi connectivity index (χ4v) is 3.79. The molecule has 27 heavy (non-hydrogen) atoms. The number of hydrogen-bond acceptors (Lipinski definition) is 2. The predicted octanol–water partition coefficient (Wildman–Crippen LogP) is 5.95. The van der Waals surface area contributed by atoms with Crippen LogP contribution in [0.1, 0.15) is 17.2 Å². The van der Waals surface area contributed by atoms with Crippen LogP contribution in [0, 0.1) is 0 Å². The molecule has 0 radical (unpaired) electrons. The zero-order valence-corrected chi connectivity index (χ0v) is 14.9. The Bertz CT molecular complexity index is 1100. The highest BCUT2D eigenvalue weighted by Crippen LogP contribution is 2.36. The van der Waals surface area contributed by atoms with Gasteiger partial charge in [0.2, 0.25) is 0 Å². The quantitative estimate of drug-likeness (QED) is 0.492. The number of anilines is 1. The monoisotopic (exact) mass is 348 g/mol. The molecule has 0 fully saturated rings. The van der Waals surface area contributed by atoms with E-state index in [-0.39, 0.29) is 6.04 Å². The van der Waals surface area contributed by atoms with Crippen molar-refractivity contribution in [3.63, 3.8) is 0 Å². The van der Waals surface area contributed by atoms with E-state index in [0.717, 1.165) is 11.4 Å². The molecule has 1 unspecified atom stereocenters. The standard InChI is InChI=1S/C25H20N2/c1-3-11-20(12-4-1)25-18-24(26-27(25)21-14-5-2-6-15-21)23-17-9-13-19-10-7-8-16-22(19)23/h1-18,25-26H. The van der Waals surface area contributed by atoms with Gasteiger partial charge < -0.3 is 0 Å². The van der Waals surface area contributed by atoms with Gasteiger partial charge in [-0.15, -0.1) is 0 Å². The SMILES string of the molecule is C1=C(c2cccc3ccccc23)NN(c2ccccc2)C1c1ccccc1. The second kappa shape index (κ2) is 6.65. The summed E-state index contributed by atoms with van der Waals surface area (Å²) in [5.41, 5.74) is 8.45. The summed E-state index contributed by atoms with van der Waals surface area (Å²) < 4.78 is 0. The number of hydrogen-bond donors (Lipinski definition) is 1. The average Bonchev–Trinajstić information content (AvgIpc) is 3.20. The number of rotatable bonds is 3. The number of nitrogens with zero attached hydrogens (tertiary/aromatic N) is 1. The number of benzene rings is 4. The molecule has 4 aromatic rings. The minimum absolute atomic E-state index is 0.141. The van der Waals surface area contributed by atoms with E-state index in [4.69, 9.17) is 0 Å². The van der Waals surface area contributed by atoms with Crippen LogP contribution in [0.4, 0.5) is 5.69 Å². The van der Waals surface area contributed by atoms with Crippen LogP contribution in [0.3, 0.4) is 0 Å². The molecule has 0 aromatic heterocycles. The van der Waals surface area contributed by atoms with Gasteiger partial charge >= 0.3 is 0 Å². The molecule has 130 valence electrons. The van der Waals surface area contributed by atoms with Gasteiger partial charge in [0.05, 0.1) is 17.4 Å². The Morgan fingerprint density at radius 1 is 0.630 bits per heavy atom. The molecule has 0 saturated heterocycles. The molecule has 0 amide bonds. The molecule has 1 N–H and O–H groups in total. The van der Waals surface area contributed by atoms with E-state index < -0.39 is 0 Å². The van der Waals surface area contributed by atoms with Gasteiger partial charge in [-0.1, -0.05) is 91.0 Å². The number of fused-ring (bicyclic) bond motifs is 1. The molecular formula is C25H20N2. The minimum Gasteiger partial charge on any atom is -0.297 e. The first-order valence-electron chi connectivity index (χ1n) is 9.26. The summed E-state index contributed by atoms with van der Waals surface area (Å²) in [5, 5.41) is 4.76. The Morgan fingerprint density at radius 3 is 2.11 bits per heavy atom. The summed E-state index contributed by atoms with van der Waals surface area (Å²) in [6, 6.07) is 36.3. The van der Waals surface area contributed by atoms with Gasteiger partial charge in [-0.25, -0.2) is 0 Å². The molecule has 1 atom stereocenters. The van der Waals surface area contributed by atoms with E-state index >= 15 is 0 Å². The van der Waals surface area contributed by atoms with Crippen LogP contribution in [0.2, 0.25) is 0 Å². The third-order valence-corrected chi connectivity index (χ3v) is 5.10. The maximum atomic E-state index is 3.66. The van der Waals surface area contributed by atoms with Crippen molar-refractivity contribution in [2.24, 2.45) is 0 Å². The maximum absolute atomic E-state index is 3.66. The molecule has 0 saturated carbocycles. The van der Waals surface area contributed by atoms with Crippen molar-refractivity contribution in [3.8, 4) is 0 Å². The van der Waals surface area contributed by atoms with E-state index in [0.29, 0.717) is 0 Å². The smallest absolute Gasteiger partial charge is 0.0958 e. The summed E-state index contributed by atoms with van der Waals surface area (Å²) >= 11 is 0. The molecular weight excluding hydrogens is 328 g/mol. The van der Waals surface area contributed by atoms with Gasteiger partial charge in [0, 0.05) is 5.56 Å². The average molecular weight is 348 g/mol. The van der Waals surface area contributed by atoms with E-state index in [1.165, 1.54) is 21.9 Å². The highest BCUT2D eigenvalue weighted by atomic mass is 15.5. The van der Waals surface area contributed by atoms with Crippen molar-refractivity contribution in [3.05, 3.63) is 120 Å². The van der Waals surface area contributed by atoms with Crippen LogP contribution in [-0.4, -0.2) is 0 Å². The zero-order chi connectivity index (χ0) is 18.1. The summed E-state index contributed by atoms with van der Waals surface area (Å²) in [6.45, 7) is 0. The lowest BCUT2D eigenvalue weighted by Gasteiger charge is -2.27. The fraction of sp³-hybridized carbons (Fsp3) is 0.0400. The van der Waals surface area contributed by atoms with Gasteiger partial charge in [-0.3, -0.25) is 10.4 Å². The molecule has 2 heteroatoms. The highest BCUT2D eigenvalue weighted by Gasteiger charge is 2.27. The van der Waals surface area contributed by atoms with Crippen LogP contribution < -0.4 is 10.4 Å². The first-order valence-corrected chi connectivity index (χ1v) is 9.26. The summed E-state index contributed by atoms with van der Waals surface area (Å²) in [7, 11) is 0. The molecule has 0 bridgehead atoms. The molecule has 4 aromatic carbocycles. The van der Waals surface area contributed by atoms with Crippen LogP contribution in [0.15, 0.2) is 109 Å². The Balaban J connectivity index is 1.63. The molecule has 5 rings (SSSR count). The first kappa shape index (κ1) is 15.7. The van der Waals surface area contributed by atoms with Crippen LogP contribution in [-0.2, 0) is 0 Å². The van der Waals surface area contributed by atoms with Crippen molar-refractivity contribution < 1.29 is 0 Å². The third kappa shape index (κ3) is 2.85. The normalized spacial score (nSPS) is 16.2. The summed E-state index contributed by atoms with van der Waals surface area (Å²) in [5.74, 6) is 0. The predicted molar refractivity (Wildman–Crippen MR) is 113 cm³/mol. The summed E-state index contributed by atoms with van der Waals surface area (Å²) in [6.07, 6.45) is 2.32. The van der Waals surface area contributed by atoms with Gasteiger partial charge in [-0.05, 0) is 34.5 Å². The van der Waals surface area contributed by atoms with Crippen LogP contribution >= 0.6 is 0 Å². The molecule has 0 aliphatic carbocycles. The van der Waals surface area contributed by atoms with Gasteiger partial charge in [0.25, 0.3) is 0 Å². The van der Waals surface area contributed by atoms with E-state index in [2.05, 4.69) is 120 Å². The van der Waals surface area contributed by atoms with Crippen LogP contribution in [0.25, 0.3) is 16.5 Å². The van der Waals surface area contributed by atoms with E-state index in [1.807, 2.05) is 0 Å². The Morgan fingerprint density at radius 2 is 1.30 bits per heavy atom. The van der Waals surface area contributed by atoms with Crippen molar-refractivity contribution in [2.45, 2.75) is 6.04 Å². The number of para-hydroxylation sites is 1. The lowest BCUT2D eigenvalue weighted by molar-refractivity contribution is 0.724. The minimum atomic E-state index is 0.141. The molecule has 1 aliphatic heterocycles. The zero-order valence-electron chi connectivity index (χ0n) is 14.9. The van der Waals surface area contributed by atoms with Gasteiger partial charge in [0.1, 0.15) is 0 Å². The number of nitrogens with one attached hydrogen (secondary N) is 1. The topological polar surface area (TPSA) is 15.3 Å². The molecule has 2 nitrogen and oxygen atoms in total. The molecule has 1 aliphatic rings. The number of hydrazine groups is 1. The van der Waals surface area contributed by atoms with Crippen molar-refractivity contribution >= 4 is 22.2 Å². The van der Waals surface area contributed by atoms with Crippen LogP contribution in [0.5, 0.6) is 0 Å². The lowest BCUT2D eigenvalue weighted by atomic mass is 10.0.